The monoisotopic (exact) mass is 331 g/mol. The highest BCUT2D eigenvalue weighted by Crippen LogP contribution is 2.15. The number of benzene rings is 1. The summed E-state index contributed by atoms with van der Waals surface area (Å²) in [7, 11) is 0. The summed E-state index contributed by atoms with van der Waals surface area (Å²) in [4.78, 5) is 23.7. The smallest absolute Gasteiger partial charge is 0.238 e. The second kappa shape index (κ2) is 8.26. The van der Waals surface area contributed by atoms with Crippen LogP contribution in [0.5, 0.6) is 0 Å². The zero-order valence-corrected chi connectivity index (χ0v) is 13.4. The summed E-state index contributed by atoms with van der Waals surface area (Å²) >= 11 is 0. The number of carbonyl (C=O) groups is 2. The fourth-order valence-corrected chi connectivity index (χ4v) is 2.36. The minimum atomic E-state index is -1.13. The van der Waals surface area contributed by atoms with Gasteiger partial charge in [0.25, 0.3) is 0 Å². The van der Waals surface area contributed by atoms with Crippen LogP contribution in [-0.2, 0) is 16.0 Å². The molecule has 7 nitrogen and oxygen atoms in total. The maximum atomic E-state index is 12.2. The molecular weight excluding hydrogens is 310 g/mol. The van der Waals surface area contributed by atoms with Gasteiger partial charge in [0.15, 0.2) is 5.82 Å². The van der Waals surface area contributed by atoms with E-state index in [1.54, 1.807) is 6.92 Å². The molecule has 0 spiro atoms. The molecule has 0 aliphatic rings. The minimum absolute atomic E-state index is 0.0369. The van der Waals surface area contributed by atoms with Gasteiger partial charge in [0.1, 0.15) is 11.7 Å². The number of aryl methyl sites for hydroxylation is 2. The van der Waals surface area contributed by atoms with Crippen molar-refractivity contribution < 1.29 is 19.2 Å². The SMILES string of the molecule is Cc1cc(NC(=O)[C@H](C[C@@H](O)CCc2ccccc2)C(N)=O)no1. The van der Waals surface area contributed by atoms with Gasteiger partial charge in [-0.2, -0.15) is 0 Å². The number of rotatable bonds is 8. The van der Waals surface area contributed by atoms with Crippen molar-refractivity contribution in [3.05, 3.63) is 47.7 Å². The molecule has 2 amide bonds. The van der Waals surface area contributed by atoms with Crippen LogP contribution in [0.1, 0.15) is 24.2 Å². The third-order valence-corrected chi connectivity index (χ3v) is 3.66. The highest BCUT2D eigenvalue weighted by molar-refractivity contribution is 6.05. The number of carbonyl (C=O) groups excluding carboxylic acids is 2. The van der Waals surface area contributed by atoms with Crippen LogP contribution in [0.3, 0.4) is 0 Å². The lowest BCUT2D eigenvalue weighted by atomic mass is 9.96. The van der Waals surface area contributed by atoms with Gasteiger partial charge in [-0.25, -0.2) is 0 Å². The first-order chi connectivity index (χ1) is 11.5. The van der Waals surface area contributed by atoms with Crippen molar-refractivity contribution in [3.8, 4) is 0 Å². The lowest BCUT2D eigenvalue weighted by molar-refractivity contribution is -0.131. The van der Waals surface area contributed by atoms with E-state index in [9.17, 15) is 14.7 Å². The summed E-state index contributed by atoms with van der Waals surface area (Å²) in [5.74, 6) is -1.78. The highest BCUT2D eigenvalue weighted by atomic mass is 16.5. The number of primary amides is 1. The first kappa shape index (κ1) is 17.7. The second-order valence-electron chi connectivity index (χ2n) is 5.68. The number of aliphatic hydroxyl groups is 1. The van der Waals surface area contributed by atoms with E-state index in [2.05, 4.69) is 10.5 Å². The number of aliphatic hydroxyl groups excluding tert-OH is 1. The molecule has 0 bridgehead atoms. The summed E-state index contributed by atoms with van der Waals surface area (Å²) < 4.78 is 4.84. The quantitative estimate of drug-likeness (QED) is 0.632. The normalized spacial score (nSPS) is 13.2. The number of anilines is 1. The third kappa shape index (κ3) is 5.20. The standard InChI is InChI=1S/C17H21N3O4/c1-11-9-15(20-24-11)19-17(23)14(16(18)22)10-13(21)8-7-12-5-3-2-4-6-12/h2-6,9,13-14,21H,7-8,10H2,1H3,(H2,18,22)(H,19,20,23)/t13-,14+/m0/s1. The predicted molar refractivity (Wildman–Crippen MR) is 87.9 cm³/mol. The van der Waals surface area contributed by atoms with Crippen LogP contribution < -0.4 is 11.1 Å². The highest BCUT2D eigenvalue weighted by Gasteiger charge is 2.28. The molecule has 1 heterocycles. The Hall–Kier alpha value is -2.67. The van der Waals surface area contributed by atoms with Crippen molar-refractivity contribution in [2.24, 2.45) is 11.7 Å². The van der Waals surface area contributed by atoms with Crippen LogP contribution in [0.2, 0.25) is 0 Å². The van der Waals surface area contributed by atoms with Crippen molar-refractivity contribution in [1.82, 2.24) is 5.16 Å². The molecule has 0 fully saturated rings. The zero-order chi connectivity index (χ0) is 17.5. The molecule has 7 heteroatoms. The first-order valence-corrected chi connectivity index (χ1v) is 7.71. The van der Waals surface area contributed by atoms with Gasteiger partial charge in [0.05, 0.1) is 6.10 Å². The van der Waals surface area contributed by atoms with E-state index in [0.717, 1.165) is 5.56 Å². The van der Waals surface area contributed by atoms with E-state index in [-0.39, 0.29) is 12.2 Å². The molecule has 0 aliphatic carbocycles. The van der Waals surface area contributed by atoms with Gasteiger partial charge in [-0.05, 0) is 31.7 Å². The summed E-state index contributed by atoms with van der Waals surface area (Å²) in [6.07, 6.45) is 0.236. The van der Waals surface area contributed by atoms with Crippen LogP contribution in [-0.4, -0.2) is 28.2 Å². The predicted octanol–water partition coefficient (Wildman–Crippen LogP) is 1.41. The topological polar surface area (TPSA) is 118 Å². The average Bonchev–Trinajstić information content (AvgIpc) is 2.96. The number of nitrogens with two attached hydrogens (primary N) is 1. The summed E-state index contributed by atoms with van der Waals surface area (Å²) in [5.41, 5.74) is 6.38. The Morgan fingerprint density at radius 3 is 2.62 bits per heavy atom. The molecule has 4 N–H and O–H groups in total. The molecule has 2 atom stereocenters. The Morgan fingerprint density at radius 2 is 2.04 bits per heavy atom. The summed E-state index contributed by atoms with van der Waals surface area (Å²) in [6.45, 7) is 1.68. The molecule has 0 unspecified atom stereocenters. The van der Waals surface area contributed by atoms with Crippen LogP contribution >= 0.6 is 0 Å². The van der Waals surface area contributed by atoms with Gasteiger partial charge in [-0.15, -0.1) is 0 Å². The molecule has 0 saturated carbocycles. The molecule has 2 rings (SSSR count). The van der Waals surface area contributed by atoms with Crippen LogP contribution in [0.4, 0.5) is 5.82 Å². The largest absolute Gasteiger partial charge is 0.393 e. The van der Waals surface area contributed by atoms with E-state index in [0.29, 0.717) is 18.6 Å². The molecule has 0 radical (unpaired) electrons. The van der Waals surface area contributed by atoms with Crippen molar-refractivity contribution in [1.29, 1.82) is 0 Å². The number of amides is 2. The fraction of sp³-hybridized carbons (Fsp3) is 0.353. The van der Waals surface area contributed by atoms with E-state index in [1.807, 2.05) is 30.3 Å². The van der Waals surface area contributed by atoms with E-state index >= 15 is 0 Å². The van der Waals surface area contributed by atoms with Gasteiger partial charge in [-0.3, -0.25) is 9.59 Å². The van der Waals surface area contributed by atoms with E-state index < -0.39 is 23.8 Å². The third-order valence-electron chi connectivity index (χ3n) is 3.66. The average molecular weight is 331 g/mol. The Kier molecular flexibility index (Phi) is 6.08. The number of nitrogens with zero attached hydrogens (tertiary/aromatic N) is 1. The van der Waals surface area contributed by atoms with Gasteiger partial charge in [0.2, 0.25) is 11.8 Å². The van der Waals surface area contributed by atoms with Gasteiger partial charge in [0, 0.05) is 6.07 Å². The molecular formula is C17H21N3O4. The lowest BCUT2D eigenvalue weighted by Crippen LogP contribution is -2.37. The minimum Gasteiger partial charge on any atom is -0.393 e. The second-order valence-corrected chi connectivity index (χ2v) is 5.68. The van der Waals surface area contributed by atoms with Gasteiger partial charge < -0.3 is 20.7 Å². The summed E-state index contributed by atoms with van der Waals surface area (Å²) in [5, 5.41) is 16.2. The molecule has 24 heavy (non-hydrogen) atoms. The Morgan fingerprint density at radius 1 is 1.33 bits per heavy atom. The Balaban J connectivity index is 1.89. The number of hydrogen-bond donors (Lipinski definition) is 3. The lowest BCUT2D eigenvalue weighted by Gasteiger charge is -2.16. The fourth-order valence-electron chi connectivity index (χ4n) is 2.36. The van der Waals surface area contributed by atoms with Crippen LogP contribution in [0.25, 0.3) is 0 Å². The first-order valence-electron chi connectivity index (χ1n) is 7.71. The summed E-state index contributed by atoms with van der Waals surface area (Å²) in [6, 6.07) is 11.2. The number of aromatic nitrogens is 1. The Bertz CT molecular complexity index is 684. The number of hydrogen-bond acceptors (Lipinski definition) is 5. The van der Waals surface area contributed by atoms with Crippen LogP contribution in [0, 0.1) is 12.8 Å². The maximum Gasteiger partial charge on any atom is 0.238 e. The molecule has 0 aliphatic heterocycles. The molecule has 0 saturated heterocycles. The van der Waals surface area contributed by atoms with Crippen molar-refractivity contribution >= 4 is 17.6 Å². The van der Waals surface area contributed by atoms with E-state index in [1.165, 1.54) is 6.07 Å². The molecule has 2 aromatic rings. The molecule has 1 aromatic heterocycles. The van der Waals surface area contributed by atoms with Gasteiger partial charge in [-0.1, -0.05) is 35.5 Å². The maximum absolute atomic E-state index is 12.2. The molecule has 1 aromatic carbocycles. The van der Waals surface area contributed by atoms with Gasteiger partial charge >= 0.3 is 0 Å². The Labute approximate surface area is 139 Å². The number of nitrogens with one attached hydrogen (secondary N) is 1. The van der Waals surface area contributed by atoms with Crippen molar-refractivity contribution in [2.75, 3.05) is 5.32 Å². The van der Waals surface area contributed by atoms with E-state index in [4.69, 9.17) is 10.3 Å². The zero-order valence-electron chi connectivity index (χ0n) is 13.4. The van der Waals surface area contributed by atoms with Crippen molar-refractivity contribution in [3.63, 3.8) is 0 Å². The van der Waals surface area contributed by atoms with Crippen molar-refractivity contribution in [2.45, 2.75) is 32.3 Å². The molecule has 128 valence electrons. The van der Waals surface area contributed by atoms with Crippen LogP contribution in [0.15, 0.2) is 40.9 Å².